The monoisotopic (exact) mass is 390 g/mol. The molecule has 8 heteroatoms. The van der Waals surface area contributed by atoms with Gasteiger partial charge >= 0.3 is 0 Å². The first-order valence-corrected chi connectivity index (χ1v) is 9.47. The van der Waals surface area contributed by atoms with Crippen LogP contribution >= 0.6 is 0 Å². The summed E-state index contributed by atoms with van der Waals surface area (Å²) in [4.78, 5) is 27.5. The van der Waals surface area contributed by atoms with Crippen LogP contribution in [0.4, 0.5) is 17.2 Å². The Labute approximate surface area is 169 Å². The minimum atomic E-state index is -0.294. The lowest BCUT2D eigenvalue weighted by Crippen LogP contribution is -2.36. The van der Waals surface area contributed by atoms with E-state index >= 15 is 0 Å². The van der Waals surface area contributed by atoms with Crippen molar-refractivity contribution in [2.75, 3.05) is 41.8 Å². The highest BCUT2D eigenvalue weighted by Crippen LogP contribution is 2.26. The van der Waals surface area contributed by atoms with Crippen molar-refractivity contribution in [1.29, 1.82) is 0 Å². The number of anilines is 3. The third kappa shape index (κ3) is 4.85. The zero-order valence-electron chi connectivity index (χ0n) is 15.9. The topological polar surface area (TPSA) is 92.3 Å². The summed E-state index contributed by atoms with van der Waals surface area (Å²) in [5, 5.41) is 6.11. The van der Waals surface area contributed by atoms with Crippen LogP contribution in [0.2, 0.25) is 0 Å². The van der Waals surface area contributed by atoms with Crippen molar-refractivity contribution in [3.63, 3.8) is 0 Å². The van der Waals surface area contributed by atoms with Crippen LogP contribution in [0.25, 0.3) is 0 Å². The highest BCUT2D eigenvalue weighted by Gasteiger charge is 2.17. The first kappa shape index (κ1) is 18.8. The molecule has 1 aliphatic rings. The predicted octanol–water partition coefficient (Wildman–Crippen LogP) is 2.57. The number of ether oxygens (including phenoxy) is 1. The summed E-state index contributed by atoms with van der Waals surface area (Å²) in [5.74, 6) is 0.302. The van der Waals surface area contributed by atoms with E-state index in [1.165, 1.54) is 6.20 Å². The molecule has 3 heterocycles. The highest BCUT2D eigenvalue weighted by atomic mass is 16.5. The van der Waals surface area contributed by atoms with E-state index in [2.05, 4.69) is 30.5 Å². The zero-order valence-corrected chi connectivity index (χ0v) is 15.9. The smallest absolute Gasteiger partial charge is 0.275 e. The molecule has 0 radical (unpaired) electrons. The molecule has 1 amide bonds. The molecule has 0 aliphatic carbocycles. The molecular weight excluding hydrogens is 368 g/mol. The number of rotatable bonds is 6. The van der Waals surface area contributed by atoms with E-state index in [-0.39, 0.29) is 11.6 Å². The molecule has 0 atom stereocenters. The van der Waals surface area contributed by atoms with E-state index in [1.807, 2.05) is 36.4 Å². The van der Waals surface area contributed by atoms with Gasteiger partial charge in [0.25, 0.3) is 5.91 Å². The van der Waals surface area contributed by atoms with Gasteiger partial charge in [-0.2, -0.15) is 0 Å². The molecule has 8 nitrogen and oxygen atoms in total. The third-order valence-electron chi connectivity index (χ3n) is 4.58. The standard InChI is InChI=1S/C21H22N6O2/c28-21(26-17-5-1-2-6-19(17)27-8-10-29-11-9-27)18-14-25-20(15-23-18)24-13-16-4-3-7-22-12-16/h1-7,12,14-15H,8-11,13H2,(H,24,25)(H,26,28). The van der Waals surface area contributed by atoms with Crippen molar-refractivity contribution >= 4 is 23.1 Å². The second kappa shape index (κ2) is 9.11. The van der Waals surface area contributed by atoms with Crippen LogP contribution in [0, 0.1) is 0 Å². The maximum absolute atomic E-state index is 12.7. The maximum atomic E-state index is 12.7. The Morgan fingerprint density at radius 3 is 2.66 bits per heavy atom. The molecule has 148 valence electrons. The van der Waals surface area contributed by atoms with Crippen molar-refractivity contribution in [1.82, 2.24) is 15.0 Å². The van der Waals surface area contributed by atoms with Gasteiger partial charge in [0, 0.05) is 32.0 Å². The Balaban J connectivity index is 1.40. The van der Waals surface area contributed by atoms with E-state index in [1.54, 1.807) is 18.6 Å². The summed E-state index contributed by atoms with van der Waals surface area (Å²) in [7, 11) is 0. The van der Waals surface area contributed by atoms with Gasteiger partial charge in [0.1, 0.15) is 11.5 Å². The zero-order chi connectivity index (χ0) is 19.9. The minimum Gasteiger partial charge on any atom is -0.378 e. The molecule has 0 bridgehead atoms. The quantitative estimate of drug-likeness (QED) is 0.668. The van der Waals surface area contributed by atoms with Gasteiger partial charge in [0.15, 0.2) is 0 Å². The minimum absolute atomic E-state index is 0.258. The van der Waals surface area contributed by atoms with Crippen molar-refractivity contribution in [3.05, 3.63) is 72.4 Å². The van der Waals surface area contributed by atoms with Gasteiger partial charge in [-0.1, -0.05) is 18.2 Å². The maximum Gasteiger partial charge on any atom is 0.275 e. The summed E-state index contributed by atoms with van der Waals surface area (Å²) in [6.07, 6.45) is 6.54. The summed E-state index contributed by atoms with van der Waals surface area (Å²) in [6, 6.07) is 11.6. The Morgan fingerprint density at radius 2 is 1.90 bits per heavy atom. The average Bonchev–Trinajstić information content (AvgIpc) is 2.80. The molecule has 0 unspecified atom stereocenters. The number of hydrogen-bond acceptors (Lipinski definition) is 7. The molecular formula is C21H22N6O2. The number of hydrogen-bond donors (Lipinski definition) is 2. The first-order chi connectivity index (χ1) is 14.3. The molecule has 1 aliphatic heterocycles. The van der Waals surface area contributed by atoms with Gasteiger partial charge in [-0.25, -0.2) is 9.97 Å². The molecule has 0 saturated carbocycles. The fourth-order valence-electron chi connectivity index (χ4n) is 3.08. The number of nitrogens with zero attached hydrogens (tertiary/aromatic N) is 4. The van der Waals surface area contributed by atoms with E-state index in [4.69, 9.17) is 4.74 Å². The second-order valence-corrected chi connectivity index (χ2v) is 6.57. The number of aromatic nitrogens is 3. The fraction of sp³-hybridized carbons (Fsp3) is 0.238. The molecule has 1 fully saturated rings. The van der Waals surface area contributed by atoms with Crippen LogP contribution in [0.15, 0.2) is 61.2 Å². The van der Waals surface area contributed by atoms with Gasteiger partial charge in [-0.15, -0.1) is 0 Å². The van der Waals surface area contributed by atoms with Gasteiger partial charge in [0.2, 0.25) is 0 Å². The summed E-state index contributed by atoms with van der Waals surface area (Å²) in [5.41, 5.74) is 3.02. The molecule has 4 rings (SSSR count). The molecule has 3 aromatic rings. The van der Waals surface area contributed by atoms with Crippen molar-refractivity contribution in [2.24, 2.45) is 0 Å². The van der Waals surface area contributed by atoms with Gasteiger partial charge in [-0.3, -0.25) is 9.78 Å². The molecule has 2 N–H and O–H groups in total. The number of para-hydroxylation sites is 2. The Bertz CT molecular complexity index is 943. The van der Waals surface area contributed by atoms with Crippen LogP contribution < -0.4 is 15.5 Å². The predicted molar refractivity (Wildman–Crippen MR) is 111 cm³/mol. The molecule has 0 spiro atoms. The van der Waals surface area contributed by atoms with Gasteiger partial charge in [0.05, 0.1) is 37.0 Å². The lowest BCUT2D eigenvalue weighted by molar-refractivity contribution is 0.102. The van der Waals surface area contributed by atoms with Crippen LogP contribution in [0.5, 0.6) is 0 Å². The summed E-state index contributed by atoms with van der Waals surface area (Å²) >= 11 is 0. The lowest BCUT2D eigenvalue weighted by atomic mass is 10.2. The normalized spacial score (nSPS) is 13.7. The molecule has 1 saturated heterocycles. The van der Waals surface area contributed by atoms with Crippen LogP contribution in [-0.2, 0) is 11.3 Å². The summed E-state index contributed by atoms with van der Waals surface area (Å²) in [6.45, 7) is 3.54. The Hall–Kier alpha value is -3.52. The van der Waals surface area contributed by atoms with Crippen LogP contribution in [0.3, 0.4) is 0 Å². The second-order valence-electron chi connectivity index (χ2n) is 6.57. The number of carbonyl (C=O) groups excluding carboxylic acids is 1. The highest BCUT2D eigenvalue weighted by molar-refractivity contribution is 6.04. The number of benzene rings is 1. The molecule has 29 heavy (non-hydrogen) atoms. The van der Waals surface area contributed by atoms with Gasteiger partial charge < -0.3 is 20.3 Å². The van der Waals surface area contributed by atoms with E-state index in [0.29, 0.717) is 25.6 Å². The number of pyridine rings is 1. The van der Waals surface area contributed by atoms with Crippen LogP contribution in [-0.4, -0.2) is 47.2 Å². The number of carbonyl (C=O) groups is 1. The fourth-order valence-corrected chi connectivity index (χ4v) is 3.08. The first-order valence-electron chi connectivity index (χ1n) is 9.47. The molecule has 1 aromatic carbocycles. The number of nitrogens with one attached hydrogen (secondary N) is 2. The Kier molecular flexibility index (Phi) is 5.92. The SMILES string of the molecule is O=C(Nc1ccccc1N1CCOCC1)c1cnc(NCc2cccnc2)cn1. The summed E-state index contributed by atoms with van der Waals surface area (Å²) < 4.78 is 5.41. The van der Waals surface area contributed by atoms with E-state index in [9.17, 15) is 4.79 Å². The van der Waals surface area contributed by atoms with Crippen molar-refractivity contribution in [3.8, 4) is 0 Å². The number of amides is 1. The van der Waals surface area contributed by atoms with E-state index in [0.717, 1.165) is 30.0 Å². The Morgan fingerprint density at radius 1 is 1.03 bits per heavy atom. The molecule has 2 aromatic heterocycles. The lowest BCUT2D eigenvalue weighted by Gasteiger charge is -2.30. The van der Waals surface area contributed by atoms with E-state index < -0.39 is 0 Å². The van der Waals surface area contributed by atoms with Crippen molar-refractivity contribution in [2.45, 2.75) is 6.54 Å². The largest absolute Gasteiger partial charge is 0.378 e. The third-order valence-corrected chi connectivity index (χ3v) is 4.58. The van der Waals surface area contributed by atoms with Gasteiger partial charge in [-0.05, 0) is 23.8 Å². The van der Waals surface area contributed by atoms with Crippen molar-refractivity contribution < 1.29 is 9.53 Å². The number of morpholine rings is 1. The average molecular weight is 390 g/mol. The van der Waals surface area contributed by atoms with Crippen LogP contribution in [0.1, 0.15) is 16.1 Å².